The fourth-order valence-corrected chi connectivity index (χ4v) is 1.97. The van der Waals surface area contributed by atoms with E-state index in [0.29, 0.717) is 30.7 Å². The van der Waals surface area contributed by atoms with Gasteiger partial charge in [-0.15, -0.1) is 5.10 Å². The van der Waals surface area contributed by atoms with Crippen LogP contribution in [0.15, 0.2) is 24.4 Å². The van der Waals surface area contributed by atoms with Gasteiger partial charge >= 0.3 is 0 Å². The van der Waals surface area contributed by atoms with Gasteiger partial charge in [-0.05, 0) is 18.9 Å². The highest BCUT2D eigenvalue weighted by molar-refractivity contribution is 5.43. The number of hydrogen-bond acceptors (Lipinski definition) is 6. The molecule has 8 heteroatoms. The van der Waals surface area contributed by atoms with Crippen molar-refractivity contribution in [2.75, 3.05) is 13.7 Å². The summed E-state index contributed by atoms with van der Waals surface area (Å²) < 4.78 is 6.80. The largest absolute Gasteiger partial charge is 0.496 e. The van der Waals surface area contributed by atoms with E-state index in [1.54, 1.807) is 16.9 Å². The monoisotopic (exact) mass is 292 g/mol. The van der Waals surface area contributed by atoms with E-state index in [1.807, 2.05) is 0 Å². The number of aryl methyl sites for hydroxylation is 1. The summed E-state index contributed by atoms with van der Waals surface area (Å²) in [6.07, 6.45) is 3.02. The second-order valence-electron chi connectivity index (χ2n) is 4.49. The van der Waals surface area contributed by atoms with E-state index >= 15 is 0 Å². The molecule has 112 valence electrons. The van der Waals surface area contributed by atoms with Crippen LogP contribution in [0.5, 0.6) is 5.75 Å². The van der Waals surface area contributed by atoms with Gasteiger partial charge in [0.1, 0.15) is 5.75 Å². The molecule has 0 saturated heterocycles. The van der Waals surface area contributed by atoms with E-state index < -0.39 is 4.92 Å². The predicted molar refractivity (Wildman–Crippen MR) is 74.2 cm³/mol. The van der Waals surface area contributed by atoms with Crippen LogP contribution in [0, 0.1) is 10.1 Å². The van der Waals surface area contributed by atoms with Gasteiger partial charge in [-0.3, -0.25) is 10.1 Å². The predicted octanol–water partition coefficient (Wildman–Crippen LogP) is 1.17. The minimum atomic E-state index is -0.447. The molecule has 21 heavy (non-hydrogen) atoms. The van der Waals surface area contributed by atoms with Gasteiger partial charge in [-0.2, -0.15) is 0 Å². The molecule has 0 aliphatic heterocycles. The van der Waals surface area contributed by atoms with E-state index in [2.05, 4.69) is 10.3 Å². The Morgan fingerprint density at radius 3 is 2.95 bits per heavy atom. The summed E-state index contributed by atoms with van der Waals surface area (Å²) in [5.74, 6) is 0.563. The average molecular weight is 292 g/mol. The Labute approximate surface area is 121 Å². The molecule has 0 spiro atoms. The van der Waals surface area contributed by atoms with E-state index in [4.69, 9.17) is 9.84 Å². The number of aliphatic hydroxyl groups is 1. The van der Waals surface area contributed by atoms with Gasteiger partial charge in [0.15, 0.2) is 0 Å². The molecule has 0 fully saturated rings. The van der Waals surface area contributed by atoms with Crippen LogP contribution >= 0.6 is 0 Å². The number of benzene rings is 1. The SMILES string of the molecule is COc1ccc([N+](=O)[O-])cc1Cn1cc(CCCO)nn1. The van der Waals surface area contributed by atoms with Crippen LogP contribution in [0.2, 0.25) is 0 Å². The van der Waals surface area contributed by atoms with Crippen LogP contribution in [-0.4, -0.2) is 38.7 Å². The van der Waals surface area contributed by atoms with Crippen LogP contribution in [0.4, 0.5) is 5.69 Å². The second kappa shape index (κ2) is 6.80. The van der Waals surface area contributed by atoms with Crippen molar-refractivity contribution in [3.8, 4) is 5.75 Å². The van der Waals surface area contributed by atoms with Crippen molar-refractivity contribution in [2.24, 2.45) is 0 Å². The number of rotatable bonds is 7. The molecule has 2 rings (SSSR count). The minimum Gasteiger partial charge on any atom is -0.496 e. The number of methoxy groups -OCH3 is 1. The first kappa shape index (κ1) is 14.9. The molecule has 8 nitrogen and oxygen atoms in total. The van der Waals surface area contributed by atoms with Crippen LogP contribution in [0.1, 0.15) is 17.7 Å². The molecule has 1 N–H and O–H groups in total. The lowest BCUT2D eigenvalue weighted by molar-refractivity contribution is -0.384. The summed E-state index contributed by atoms with van der Waals surface area (Å²) >= 11 is 0. The van der Waals surface area contributed by atoms with Gasteiger partial charge in [0, 0.05) is 30.5 Å². The summed E-state index contributed by atoms with van der Waals surface area (Å²) in [6, 6.07) is 4.43. The Balaban J connectivity index is 2.19. The minimum absolute atomic E-state index is 0.00594. The third-order valence-electron chi connectivity index (χ3n) is 2.98. The van der Waals surface area contributed by atoms with E-state index in [-0.39, 0.29) is 12.3 Å². The standard InChI is InChI=1S/C13H16N4O4/c1-21-13-5-4-12(17(19)20)7-10(13)8-16-9-11(14-15-16)3-2-6-18/h4-5,7,9,18H,2-3,6,8H2,1H3. The van der Waals surface area contributed by atoms with E-state index in [9.17, 15) is 10.1 Å². The third kappa shape index (κ3) is 3.76. The van der Waals surface area contributed by atoms with Crippen molar-refractivity contribution in [3.63, 3.8) is 0 Å². The van der Waals surface area contributed by atoms with Crippen LogP contribution in [-0.2, 0) is 13.0 Å². The zero-order valence-corrected chi connectivity index (χ0v) is 11.6. The molecule has 0 aliphatic rings. The zero-order chi connectivity index (χ0) is 15.2. The number of nitro benzene ring substituents is 1. The summed E-state index contributed by atoms with van der Waals surface area (Å²) in [4.78, 5) is 10.4. The fraction of sp³-hybridized carbons (Fsp3) is 0.385. The quantitative estimate of drug-likeness (QED) is 0.607. The molecule has 0 bridgehead atoms. The average Bonchev–Trinajstić information content (AvgIpc) is 2.92. The Morgan fingerprint density at radius 2 is 2.29 bits per heavy atom. The molecule has 0 unspecified atom stereocenters. The van der Waals surface area contributed by atoms with Gasteiger partial charge in [0.25, 0.3) is 5.69 Å². The number of nitrogens with zero attached hydrogens (tertiary/aromatic N) is 4. The Bertz CT molecular complexity index is 626. The van der Waals surface area contributed by atoms with Crippen LogP contribution < -0.4 is 4.74 Å². The highest BCUT2D eigenvalue weighted by Crippen LogP contribution is 2.24. The van der Waals surface area contributed by atoms with Crippen molar-refractivity contribution in [1.29, 1.82) is 0 Å². The number of nitro groups is 1. The topological polar surface area (TPSA) is 103 Å². The lowest BCUT2D eigenvalue weighted by Gasteiger charge is -2.07. The highest BCUT2D eigenvalue weighted by Gasteiger charge is 2.12. The maximum Gasteiger partial charge on any atom is 0.270 e. The summed E-state index contributed by atoms with van der Waals surface area (Å²) in [5, 5.41) is 27.6. The van der Waals surface area contributed by atoms with Gasteiger partial charge in [-0.1, -0.05) is 5.21 Å². The van der Waals surface area contributed by atoms with Crippen molar-refractivity contribution >= 4 is 5.69 Å². The van der Waals surface area contributed by atoms with E-state index in [1.165, 1.54) is 19.2 Å². The third-order valence-corrected chi connectivity index (χ3v) is 2.98. The zero-order valence-electron chi connectivity index (χ0n) is 11.6. The lowest BCUT2D eigenvalue weighted by Crippen LogP contribution is -2.03. The van der Waals surface area contributed by atoms with Gasteiger partial charge < -0.3 is 9.84 Å². The molecule has 2 aromatic rings. The second-order valence-corrected chi connectivity index (χ2v) is 4.49. The Hall–Kier alpha value is -2.48. The van der Waals surface area contributed by atoms with Crippen molar-refractivity contribution < 1.29 is 14.8 Å². The molecule has 0 aliphatic carbocycles. The van der Waals surface area contributed by atoms with Crippen molar-refractivity contribution in [2.45, 2.75) is 19.4 Å². The molecule has 1 aromatic carbocycles. The maximum absolute atomic E-state index is 10.8. The molecular weight excluding hydrogens is 276 g/mol. The number of ether oxygens (including phenoxy) is 1. The molecule has 1 aromatic heterocycles. The van der Waals surface area contributed by atoms with Crippen LogP contribution in [0.3, 0.4) is 0 Å². The smallest absolute Gasteiger partial charge is 0.270 e. The molecule has 0 amide bonds. The molecule has 0 atom stereocenters. The van der Waals surface area contributed by atoms with Gasteiger partial charge in [0.2, 0.25) is 0 Å². The Morgan fingerprint density at radius 1 is 1.48 bits per heavy atom. The number of aliphatic hydroxyl groups excluding tert-OH is 1. The van der Waals surface area contributed by atoms with Crippen molar-refractivity contribution in [3.05, 3.63) is 45.8 Å². The first-order valence-corrected chi connectivity index (χ1v) is 6.45. The maximum atomic E-state index is 10.8. The molecule has 0 radical (unpaired) electrons. The first-order chi connectivity index (χ1) is 10.1. The molecule has 1 heterocycles. The first-order valence-electron chi connectivity index (χ1n) is 6.45. The normalized spacial score (nSPS) is 10.6. The van der Waals surface area contributed by atoms with Crippen molar-refractivity contribution in [1.82, 2.24) is 15.0 Å². The van der Waals surface area contributed by atoms with Gasteiger partial charge in [0.05, 0.1) is 24.3 Å². The van der Waals surface area contributed by atoms with Gasteiger partial charge in [-0.25, -0.2) is 4.68 Å². The number of hydrogen-bond donors (Lipinski definition) is 1. The Kier molecular flexibility index (Phi) is 4.83. The summed E-state index contributed by atoms with van der Waals surface area (Å²) in [5.41, 5.74) is 1.44. The lowest BCUT2D eigenvalue weighted by atomic mass is 10.1. The number of aromatic nitrogens is 3. The molecular formula is C13H16N4O4. The van der Waals surface area contributed by atoms with Crippen LogP contribution in [0.25, 0.3) is 0 Å². The fourth-order valence-electron chi connectivity index (χ4n) is 1.97. The summed E-state index contributed by atoms with van der Waals surface area (Å²) in [7, 11) is 1.51. The van der Waals surface area contributed by atoms with E-state index in [0.717, 1.165) is 5.69 Å². The highest BCUT2D eigenvalue weighted by atomic mass is 16.6. The summed E-state index contributed by atoms with van der Waals surface area (Å²) in [6.45, 7) is 0.433. The molecule has 0 saturated carbocycles. The number of non-ortho nitro benzene ring substituents is 1.